The average Bonchev–Trinajstić information content (AvgIpc) is 3.56. The quantitative estimate of drug-likeness (QED) is 0.606. The third kappa shape index (κ3) is 4.40. The average molecular weight is 443 g/mol. The van der Waals surface area contributed by atoms with Crippen LogP contribution in [0.2, 0.25) is 0 Å². The second kappa shape index (κ2) is 8.58. The lowest BCUT2D eigenvalue weighted by Gasteiger charge is -2.32. The number of hydrogen-bond donors (Lipinski definition) is 2. The fourth-order valence-corrected chi connectivity index (χ4v) is 4.31. The highest BCUT2D eigenvalue weighted by molar-refractivity contribution is 5.95. The van der Waals surface area contributed by atoms with Crippen molar-refractivity contribution in [1.82, 2.24) is 24.8 Å². The molecule has 2 aliphatic rings. The summed E-state index contributed by atoms with van der Waals surface area (Å²) in [5.41, 5.74) is 9.08. The lowest BCUT2D eigenvalue weighted by atomic mass is 10.0. The van der Waals surface area contributed by atoms with Crippen molar-refractivity contribution in [3.05, 3.63) is 53.5 Å². The van der Waals surface area contributed by atoms with Gasteiger partial charge in [0.2, 0.25) is 5.91 Å². The molecule has 2 aromatic heterocycles. The van der Waals surface area contributed by atoms with Gasteiger partial charge in [0.15, 0.2) is 0 Å². The zero-order valence-corrected chi connectivity index (χ0v) is 18.5. The van der Waals surface area contributed by atoms with E-state index in [4.69, 9.17) is 5.73 Å². The molecule has 3 heterocycles. The van der Waals surface area contributed by atoms with Crippen molar-refractivity contribution >= 4 is 28.7 Å². The van der Waals surface area contributed by atoms with Gasteiger partial charge in [0, 0.05) is 49.4 Å². The summed E-state index contributed by atoms with van der Waals surface area (Å²) in [5.74, 6) is 6.84. The number of fused-ring (bicyclic) bond motifs is 1. The lowest BCUT2D eigenvalue weighted by molar-refractivity contribution is -0.130. The lowest BCUT2D eigenvalue weighted by Crippen LogP contribution is -2.37. The molecule has 0 atom stereocenters. The molecular formula is C25H26N6O2. The molecular weight excluding hydrogens is 416 g/mol. The van der Waals surface area contributed by atoms with Gasteiger partial charge in [-0.05, 0) is 43.9 Å². The fourth-order valence-electron chi connectivity index (χ4n) is 4.31. The Bertz CT molecular complexity index is 1290. The van der Waals surface area contributed by atoms with Crippen molar-refractivity contribution in [2.24, 2.45) is 0 Å². The second-order valence-corrected chi connectivity index (χ2v) is 8.72. The highest BCUT2D eigenvalue weighted by Gasteiger charge is 2.25. The molecule has 2 fully saturated rings. The Hall–Kier alpha value is -3.86. The van der Waals surface area contributed by atoms with E-state index in [0.29, 0.717) is 17.4 Å². The van der Waals surface area contributed by atoms with E-state index in [1.54, 1.807) is 19.1 Å². The zero-order valence-electron chi connectivity index (χ0n) is 18.5. The number of piperidine rings is 1. The van der Waals surface area contributed by atoms with Crippen molar-refractivity contribution in [1.29, 1.82) is 0 Å². The Morgan fingerprint density at radius 1 is 1.12 bits per heavy atom. The van der Waals surface area contributed by atoms with E-state index in [1.807, 2.05) is 23.2 Å². The molecule has 5 rings (SSSR count). The van der Waals surface area contributed by atoms with Gasteiger partial charge in [-0.1, -0.05) is 17.9 Å². The van der Waals surface area contributed by atoms with Gasteiger partial charge in [0.25, 0.3) is 5.91 Å². The van der Waals surface area contributed by atoms with Crippen molar-refractivity contribution in [3.63, 3.8) is 0 Å². The monoisotopic (exact) mass is 442 g/mol. The second-order valence-electron chi connectivity index (χ2n) is 8.72. The van der Waals surface area contributed by atoms with Crippen LogP contribution in [0.4, 0.5) is 5.82 Å². The van der Waals surface area contributed by atoms with Gasteiger partial charge in [0.05, 0.1) is 10.9 Å². The van der Waals surface area contributed by atoms with Crippen LogP contribution in [0.5, 0.6) is 0 Å². The number of aromatic nitrogens is 3. The third-order valence-corrected chi connectivity index (χ3v) is 6.32. The van der Waals surface area contributed by atoms with E-state index < -0.39 is 0 Å². The van der Waals surface area contributed by atoms with E-state index in [9.17, 15) is 9.59 Å². The van der Waals surface area contributed by atoms with Gasteiger partial charge in [0.1, 0.15) is 17.8 Å². The molecule has 3 N–H and O–H groups in total. The number of nitrogen functional groups attached to an aromatic ring is 1. The van der Waals surface area contributed by atoms with Gasteiger partial charge in [-0.2, -0.15) is 0 Å². The number of carbonyl (C=O) groups excluding carboxylic acids is 2. The number of nitrogens with one attached hydrogen (secondary N) is 1. The first-order valence-electron chi connectivity index (χ1n) is 11.3. The largest absolute Gasteiger partial charge is 0.383 e. The maximum Gasteiger partial charge on any atom is 0.251 e. The first kappa shape index (κ1) is 21.0. The van der Waals surface area contributed by atoms with Crippen LogP contribution in [0.25, 0.3) is 11.0 Å². The van der Waals surface area contributed by atoms with Crippen molar-refractivity contribution in [2.45, 2.75) is 44.7 Å². The van der Waals surface area contributed by atoms with E-state index in [1.165, 1.54) is 6.33 Å². The zero-order chi connectivity index (χ0) is 22.9. The number of anilines is 1. The highest BCUT2D eigenvalue weighted by atomic mass is 16.2. The van der Waals surface area contributed by atoms with Crippen molar-refractivity contribution < 1.29 is 9.59 Å². The Kier molecular flexibility index (Phi) is 5.47. The molecule has 1 saturated carbocycles. The summed E-state index contributed by atoms with van der Waals surface area (Å²) in [6.45, 7) is 3.05. The van der Waals surface area contributed by atoms with Crippen LogP contribution in [0, 0.1) is 11.8 Å². The number of nitrogens with two attached hydrogens (primary N) is 1. The van der Waals surface area contributed by atoms with Gasteiger partial charge in [-0.15, -0.1) is 0 Å². The number of carbonyl (C=O) groups is 2. The van der Waals surface area contributed by atoms with Crippen molar-refractivity contribution in [3.8, 4) is 11.8 Å². The summed E-state index contributed by atoms with van der Waals surface area (Å²) in [6, 6.07) is 7.85. The molecule has 2 amide bonds. The topological polar surface area (TPSA) is 106 Å². The minimum atomic E-state index is -0.0627. The number of rotatable bonds is 3. The summed E-state index contributed by atoms with van der Waals surface area (Å²) < 4.78 is 2.12. The summed E-state index contributed by atoms with van der Waals surface area (Å²) in [4.78, 5) is 34.6. The third-order valence-electron chi connectivity index (χ3n) is 6.32. The number of amides is 2. The van der Waals surface area contributed by atoms with E-state index >= 15 is 0 Å². The highest BCUT2D eigenvalue weighted by Crippen LogP contribution is 2.31. The van der Waals surface area contributed by atoms with Crippen LogP contribution in [-0.4, -0.2) is 50.4 Å². The van der Waals surface area contributed by atoms with Gasteiger partial charge in [-0.25, -0.2) is 9.97 Å². The standard InChI is InChI=1S/C25H26N6O2/c1-16(32)30-11-9-21(10-12-30)31-14-19(22-23(26)27-15-28-24(22)31)6-5-17-3-2-4-18(13-17)25(33)29-20-7-8-20/h2-4,13-15,20-21H,7-12H2,1H3,(H,29,33)(H2,26,27,28). The van der Waals surface area contributed by atoms with Crippen LogP contribution in [0.15, 0.2) is 36.8 Å². The number of benzene rings is 1. The molecule has 1 saturated heterocycles. The number of hydrogen-bond acceptors (Lipinski definition) is 5. The molecule has 168 valence electrons. The Morgan fingerprint density at radius 2 is 1.91 bits per heavy atom. The molecule has 33 heavy (non-hydrogen) atoms. The number of likely N-dealkylation sites (tertiary alicyclic amines) is 1. The molecule has 0 bridgehead atoms. The normalized spacial score (nSPS) is 16.3. The summed E-state index contributed by atoms with van der Waals surface area (Å²) in [6.07, 6.45) is 7.24. The van der Waals surface area contributed by atoms with E-state index in [2.05, 4.69) is 31.7 Å². The van der Waals surface area contributed by atoms with Crippen LogP contribution < -0.4 is 11.1 Å². The van der Waals surface area contributed by atoms with Gasteiger partial charge < -0.3 is 20.5 Å². The summed E-state index contributed by atoms with van der Waals surface area (Å²) in [5, 5.41) is 3.74. The van der Waals surface area contributed by atoms with Gasteiger partial charge in [-0.3, -0.25) is 9.59 Å². The maximum atomic E-state index is 12.4. The summed E-state index contributed by atoms with van der Waals surface area (Å²) >= 11 is 0. The molecule has 8 nitrogen and oxygen atoms in total. The minimum absolute atomic E-state index is 0.0627. The Morgan fingerprint density at radius 3 is 2.64 bits per heavy atom. The Labute approximate surface area is 192 Å². The molecule has 1 aliphatic heterocycles. The minimum Gasteiger partial charge on any atom is -0.383 e. The molecule has 1 aromatic carbocycles. The molecule has 8 heteroatoms. The van der Waals surface area contributed by atoms with E-state index in [0.717, 1.165) is 60.9 Å². The first-order chi connectivity index (χ1) is 16.0. The van der Waals surface area contributed by atoms with E-state index in [-0.39, 0.29) is 17.9 Å². The van der Waals surface area contributed by atoms with Gasteiger partial charge >= 0.3 is 0 Å². The van der Waals surface area contributed by atoms with Crippen molar-refractivity contribution in [2.75, 3.05) is 18.8 Å². The fraction of sp³-hybridized carbons (Fsp3) is 0.360. The molecule has 1 aliphatic carbocycles. The summed E-state index contributed by atoms with van der Waals surface area (Å²) in [7, 11) is 0. The Balaban J connectivity index is 1.45. The number of nitrogens with zero attached hydrogens (tertiary/aromatic N) is 4. The maximum absolute atomic E-state index is 12.4. The first-order valence-corrected chi connectivity index (χ1v) is 11.3. The molecule has 3 aromatic rings. The van der Waals surface area contributed by atoms with Crippen LogP contribution in [0.3, 0.4) is 0 Å². The SMILES string of the molecule is CC(=O)N1CCC(n2cc(C#Cc3cccc(C(=O)NC4CC4)c3)c3c(N)ncnc32)CC1. The van der Waals surface area contributed by atoms with Crippen LogP contribution in [0.1, 0.15) is 60.1 Å². The van der Waals surface area contributed by atoms with Crippen LogP contribution in [-0.2, 0) is 4.79 Å². The van der Waals surface area contributed by atoms with Crippen LogP contribution >= 0.6 is 0 Å². The molecule has 0 radical (unpaired) electrons. The predicted octanol–water partition coefficient (Wildman–Crippen LogP) is 2.49. The molecule has 0 spiro atoms. The smallest absolute Gasteiger partial charge is 0.251 e. The predicted molar refractivity (Wildman–Crippen MR) is 125 cm³/mol. The molecule has 0 unspecified atom stereocenters.